The van der Waals surface area contributed by atoms with Gasteiger partial charge < -0.3 is 4.57 Å². The fraction of sp³-hybridized carbons (Fsp3) is 0.412. The van der Waals surface area contributed by atoms with Gasteiger partial charge in [-0.2, -0.15) is 0 Å². The van der Waals surface area contributed by atoms with Crippen LogP contribution in [0.25, 0.3) is 49.7 Å². The molecule has 0 radical (unpaired) electrons. The molecule has 52 heavy (non-hydrogen) atoms. The molecule has 5 aromatic carbocycles. The van der Waals surface area contributed by atoms with Crippen molar-refractivity contribution >= 4 is 21.8 Å². The summed E-state index contributed by atoms with van der Waals surface area (Å²) in [6.45, 7) is 37.4. The van der Waals surface area contributed by atoms with Crippen LogP contribution in [-0.2, 0) is 27.1 Å². The lowest BCUT2D eigenvalue weighted by atomic mass is 9.77. The lowest BCUT2D eigenvalue weighted by Crippen LogP contribution is -2.17. The highest BCUT2D eigenvalue weighted by atomic mass is 15.0. The lowest BCUT2D eigenvalue weighted by Gasteiger charge is -2.27. The SMILES string of the molecule is Cc1ccc(-c2ccc3c(c2C(C)(C)C)c2c(-c4cc(C(C)(C)C)cc(C(C)(C)C)c4)cccc2n3-c2cc(C(C)(C)C)cc(C(C)(C)C)c2)cc1. The number of hydrogen-bond donors (Lipinski definition) is 0. The van der Waals surface area contributed by atoms with Gasteiger partial charge >= 0.3 is 0 Å². The van der Waals surface area contributed by atoms with Crippen LogP contribution in [-0.4, -0.2) is 4.57 Å². The van der Waals surface area contributed by atoms with E-state index in [0.29, 0.717) is 0 Å². The van der Waals surface area contributed by atoms with Crippen LogP contribution < -0.4 is 0 Å². The van der Waals surface area contributed by atoms with E-state index in [1.54, 1.807) is 0 Å². The highest BCUT2D eigenvalue weighted by molar-refractivity contribution is 6.18. The number of nitrogens with zero attached hydrogens (tertiary/aromatic N) is 1. The van der Waals surface area contributed by atoms with E-state index >= 15 is 0 Å². The molecule has 1 nitrogen and oxygen atoms in total. The summed E-state index contributed by atoms with van der Waals surface area (Å²) in [5, 5.41) is 2.69. The molecule has 0 N–H and O–H groups in total. The third kappa shape index (κ3) is 7.01. The first-order chi connectivity index (χ1) is 23.9. The van der Waals surface area contributed by atoms with Crippen LogP contribution in [0.4, 0.5) is 0 Å². The molecular weight excluding hydrogens is 627 g/mol. The Bertz CT molecular complexity index is 2220. The molecule has 0 amide bonds. The van der Waals surface area contributed by atoms with E-state index in [0.717, 1.165) is 0 Å². The first-order valence-electron chi connectivity index (χ1n) is 19.4. The summed E-state index contributed by atoms with van der Waals surface area (Å²) in [5.41, 5.74) is 17.0. The molecule has 6 aromatic rings. The second kappa shape index (κ2) is 12.5. The Hall–Kier alpha value is -4.10. The smallest absolute Gasteiger partial charge is 0.0547 e. The largest absolute Gasteiger partial charge is 0.309 e. The van der Waals surface area contributed by atoms with E-state index in [1.165, 1.54) is 83.1 Å². The molecule has 0 saturated carbocycles. The fourth-order valence-corrected chi connectivity index (χ4v) is 7.68. The number of fused-ring (bicyclic) bond motifs is 3. The van der Waals surface area contributed by atoms with Crippen molar-refractivity contribution in [3.05, 3.63) is 124 Å². The van der Waals surface area contributed by atoms with Gasteiger partial charge in [-0.25, -0.2) is 0 Å². The zero-order valence-corrected chi connectivity index (χ0v) is 35.1. The van der Waals surface area contributed by atoms with Gasteiger partial charge in [0.05, 0.1) is 11.0 Å². The van der Waals surface area contributed by atoms with Gasteiger partial charge in [-0.05, 0) is 108 Å². The molecule has 0 fully saturated rings. The van der Waals surface area contributed by atoms with Crippen molar-refractivity contribution in [2.24, 2.45) is 0 Å². The average Bonchev–Trinajstić information content (AvgIpc) is 3.36. The molecule has 6 rings (SSSR count). The minimum absolute atomic E-state index is 0.00582. The number of rotatable bonds is 3. The third-order valence-electron chi connectivity index (χ3n) is 11.0. The number of aromatic nitrogens is 1. The van der Waals surface area contributed by atoms with Crippen molar-refractivity contribution in [2.75, 3.05) is 0 Å². The Kier molecular flexibility index (Phi) is 9.05. The zero-order valence-electron chi connectivity index (χ0n) is 35.1. The van der Waals surface area contributed by atoms with Crippen LogP contribution in [0.15, 0.2) is 91.0 Å². The van der Waals surface area contributed by atoms with Gasteiger partial charge in [-0.1, -0.05) is 176 Å². The molecular formula is C51H63N. The van der Waals surface area contributed by atoms with E-state index in [1.807, 2.05) is 0 Å². The summed E-state index contributed by atoms with van der Waals surface area (Å²) >= 11 is 0. The van der Waals surface area contributed by atoms with Crippen molar-refractivity contribution < 1.29 is 0 Å². The maximum Gasteiger partial charge on any atom is 0.0547 e. The quantitative estimate of drug-likeness (QED) is 0.174. The van der Waals surface area contributed by atoms with Crippen molar-refractivity contribution in [2.45, 2.75) is 138 Å². The van der Waals surface area contributed by atoms with Crippen molar-refractivity contribution in [1.82, 2.24) is 4.57 Å². The van der Waals surface area contributed by atoms with Crippen LogP contribution in [0.2, 0.25) is 0 Å². The highest BCUT2D eigenvalue weighted by Gasteiger charge is 2.30. The summed E-state index contributed by atoms with van der Waals surface area (Å²) in [4.78, 5) is 0. The fourth-order valence-electron chi connectivity index (χ4n) is 7.68. The Morgan fingerprint density at radius 2 is 0.846 bits per heavy atom. The van der Waals surface area contributed by atoms with Crippen LogP contribution >= 0.6 is 0 Å². The topological polar surface area (TPSA) is 4.93 Å². The maximum absolute atomic E-state index is 2.57. The van der Waals surface area contributed by atoms with Gasteiger partial charge in [0, 0.05) is 16.5 Å². The van der Waals surface area contributed by atoms with Gasteiger partial charge in [-0.15, -0.1) is 0 Å². The Balaban J connectivity index is 1.87. The first-order valence-corrected chi connectivity index (χ1v) is 19.4. The van der Waals surface area contributed by atoms with Crippen LogP contribution in [0.1, 0.15) is 137 Å². The Labute approximate surface area is 315 Å². The van der Waals surface area contributed by atoms with Crippen LogP contribution in [0, 0.1) is 6.92 Å². The van der Waals surface area contributed by atoms with Gasteiger partial charge in [0.25, 0.3) is 0 Å². The number of hydrogen-bond acceptors (Lipinski definition) is 0. The van der Waals surface area contributed by atoms with E-state index in [4.69, 9.17) is 0 Å². The summed E-state index contributed by atoms with van der Waals surface area (Å²) in [5.74, 6) is 0. The molecule has 272 valence electrons. The third-order valence-corrected chi connectivity index (χ3v) is 11.0. The molecule has 0 atom stereocenters. The molecule has 0 aliphatic carbocycles. The van der Waals surface area contributed by atoms with E-state index in [2.05, 4.69) is 206 Å². The zero-order chi connectivity index (χ0) is 38.3. The highest BCUT2D eigenvalue weighted by Crippen LogP contribution is 2.48. The van der Waals surface area contributed by atoms with Crippen molar-refractivity contribution in [3.63, 3.8) is 0 Å². The second-order valence-corrected chi connectivity index (χ2v) is 20.6. The molecule has 0 spiro atoms. The second-order valence-electron chi connectivity index (χ2n) is 20.6. The van der Waals surface area contributed by atoms with Gasteiger partial charge in [0.1, 0.15) is 0 Å². The first kappa shape index (κ1) is 37.7. The van der Waals surface area contributed by atoms with Gasteiger partial charge in [0.2, 0.25) is 0 Å². The molecule has 1 heterocycles. The molecule has 1 aromatic heterocycles. The molecule has 0 unspecified atom stereocenters. The molecule has 0 aliphatic heterocycles. The predicted molar refractivity (Wildman–Crippen MR) is 230 cm³/mol. The van der Waals surface area contributed by atoms with Crippen molar-refractivity contribution in [3.8, 4) is 27.9 Å². The monoisotopic (exact) mass is 689 g/mol. The average molecular weight is 690 g/mol. The van der Waals surface area contributed by atoms with E-state index in [-0.39, 0.29) is 27.1 Å². The standard InChI is InChI=1S/C51H63N/c1-32-20-22-33(23-21-32)41-24-25-43-45(46(41)51(14,15)16)44-40(34-26-35(47(2,3)4)28-36(27-34)48(5,6)7)18-17-19-42(44)52(43)39-30-37(49(8,9)10)29-38(31-39)50(11,12)13/h17-31H,1-16H3. The summed E-state index contributed by atoms with van der Waals surface area (Å²) in [6.07, 6.45) is 0. The Morgan fingerprint density at radius 3 is 1.31 bits per heavy atom. The van der Waals surface area contributed by atoms with Crippen LogP contribution in [0.5, 0.6) is 0 Å². The van der Waals surface area contributed by atoms with Gasteiger partial charge in [0.15, 0.2) is 0 Å². The van der Waals surface area contributed by atoms with Crippen LogP contribution in [0.3, 0.4) is 0 Å². The molecule has 1 heteroatoms. The van der Waals surface area contributed by atoms with Gasteiger partial charge in [-0.3, -0.25) is 0 Å². The summed E-state index contributed by atoms with van der Waals surface area (Å²) < 4.78 is 2.57. The number of aryl methyl sites for hydroxylation is 1. The predicted octanol–water partition coefficient (Wildman–Crippen LogP) is 14.9. The number of benzene rings is 5. The molecule has 0 saturated heterocycles. The lowest BCUT2D eigenvalue weighted by molar-refractivity contribution is 0.567. The normalized spacial score (nSPS) is 13.4. The minimum Gasteiger partial charge on any atom is -0.309 e. The van der Waals surface area contributed by atoms with Crippen molar-refractivity contribution in [1.29, 1.82) is 0 Å². The molecule has 0 aliphatic rings. The summed E-state index contributed by atoms with van der Waals surface area (Å²) in [7, 11) is 0. The molecule has 0 bridgehead atoms. The van der Waals surface area contributed by atoms with E-state index < -0.39 is 0 Å². The Morgan fingerprint density at radius 1 is 0.385 bits per heavy atom. The van der Waals surface area contributed by atoms with E-state index in [9.17, 15) is 0 Å². The summed E-state index contributed by atoms with van der Waals surface area (Å²) in [6, 6.07) is 35.6. The maximum atomic E-state index is 2.57. The minimum atomic E-state index is -0.125.